The van der Waals surface area contributed by atoms with Gasteiger partial charge in [0.15, 0.2) is 11.5 Å². The second kappa shape index (κ2) is 8.14. The summed E-state index contributed by atoms with van der Waals surface area (Å²) in [6.07, 6.45) is 1.88. The van der Waals surface area contributed by atoms with E-state index in [9.17, 15) is 9.59 Å². The first kappa shape index (κ1) is 18.3. The number of hydrogen-bond acceptors (Lipinski definition) is 5. The first-order valence-electron chi connectivity index (χ1n) is 7.65. The van der Waals surface area contributed by atoms with Crippen molar-refractivity contribution in [2.75, 3.05) is 14.2 Å². The number of carboxylic acids is 1. The predicted octanol–water partition coefficient (Wildman–Crippen LogP) is 2.16. The number of hydrogen-bond donors (Lipinski definition) is 2. The summed E-state index contributed by atoms with van der Waals surface area (Å²) in [5.41, 5.74) is 1.06. The fourth-order valence-corrected chi connectivity index (χ4v) is 2.40. The molecule has 132 valence electrons. The molecule has 0 bridgehead atoms. The van der Waals surface area contributed by atoms with Crippen molar-refractivity contribution in [1.82, 2.24) is 10.3 Å². The number of carbonyl (C=O) groups excluding carboxylic acids is 1. The van der Waals surface area contributed by atoms with E-state index >= 15 is 0 Å². The number of ether oxygens (including phenoxy) is 2. The first-order valence-corrected chi connectivity index (χ1v) is 7.65. The zero-order valence-electron chi connectivity index (χ0n) is 14.3. The molecule has 1 aromatic carbocycles. The number of carboxylic acid groups (broad SMARTS) is 1. The zero-order valence-corrected chi connectivity index (χ0v) is 14.3. The van der Waals surface area contributed by atoms with Crippen LogP contribution in [0.3, 0.4) is 0 Å². The molecule has 0 saturated carbocycles. The highest BCUT2D eigenvalue weighted by Gasteiger charge is 2.14. The summed E-state index contributed by atoms with van der Waals surface area (Å²) in [6, 6.07) is 7.96. The van der Waals surface area contributed by atoms with Crippen LogP contribution in [0.1, 0.15) is 33.3 Å². The number of aromatic carboxylic acids is 1. The molecule has 1 amide bonds. The van der Waals surface area contributed by atoms with Crippen LogP contribution in [0.15, 0.2) is 36.5 Å². The van der Waals surface area contributed by atoms with Gasteiger partial charge in [-0.2, -0.15) is 0 Å². The van der Waals surface area contributed by atoms with Gasteiger partial charge in [0.25, 0.3) is 5.91 Å². The Morgan fingerprint density at radius 3 is 2.52 bits per heavy atom. The van der Waals surface area contributed by atoms with E-state index in [2.05, 4.69) is 10.3 Å². The molecule has 1 atom stereocenters. The van der Waals surface area contributed by atoms with Crippen LogP contribution in [-0.4, -0.2) is 42.2 Å². The van der Waals surface area contributed by atoms with Crippen molar-refractivity contribution in [3.63, 3.8) is 0 Å². The van der Waals surface area contributed by atoms with Gasteiger partial charge in [0.05, 0.1) is 19.8 Å². The molecule has 0 fully saturated rings. The second-order valence-corrected chi connectivity index (χ2v) is 5.50. The number of aromatic nitrogens is 1. The van der Waals surface area contributed by atoms with Gasteiger partial charge in [0, 0.05) is 12.2 Å². The number of nitrogens with one attached hydrogen (secondary N) is 1. The van der Waals surface area contributed by atoms with E-state index in [-0.39, 0.29) is 17.3 Å². The van der Waals surface area contributed by atoms with Crippen LogP contribution in [0.2, 0.25) is 0 Å². The van der Waals surface area contributed by atoms with Crippen LogP contribution >= 0.6 is 0 Å². The van der Waals surface area contributed by atoms with Crippen molar-refractivity contribution in [2.45, 2.75) is 19.4 Å². The molecular formula is C18H20N2O5. The third-order valence-electron chi connectivity index (χ3n) is 3.61. The molecule has 7 heteroatoms. The summed E-state index contributed by atoms with van der Waals surface area (Å²) in [6.45, 7) is 1.86. The SMILES string of the molecule is COc1ccc(CC(C)NC(=O)c2cc(C(=O)O)ccn2)cc1OC. The molecule has 0 aliphatic carbocycles. The average Bonchev–Trinajstić information content (AvgIpc) is 2.61. The highest BCUT2D eigenvalue weighted by molar-refractivity contribution is 5.95. The summed E-state index contributed by atoms with van der Waals surface area (Å²) < 4.78 is 10.5. The largest absolute Gasteiger partial charge is 0.493 e. The number of nitrogens with zero attached hydrogens (tertiary/aromatic N) is 1. The average molecular weight is 344 g/mol. The van der Waals surface area contributed by atoms with E-state index in [1.165, 1.54) is 18.3 Å². The summed E-state index contributed by atoms with van der Waals surface area (Å²) in [5, 5.41) is 11.8. The summed E-state index contributed by atoms with van der Waals surface area (Å²) in [7, 11) is 3.13. The molecule has 1 unspecified atom stereocenters. The van der Waals surface area contributed by atoms with E-state index < -0.39 is 11.9 Å². The topological polar surface area (TPSA) is 97.8 Å². The maximum atomic E-state index is 12.2. The number of benzene rings is 1. The molecule has 0 aliphatic heterocycles. The van der Waals surface area contributed by atoms with E-state index in [0.717, 1.165) is 5.56 Å². The van der Waals surface area contributed by atoms with E-state index in [1.807, 2.05) is 19.1 Å². The smallest absolute Gasteiger partial charge is 0.335 e. The second-order valence-electron chi connectivity index (χ2n) is 5.50. The van der Waals surface area contributed by atoms with Crippen molar-refractivity contribution < 1.29 is 24.2 Å². The Morgan fingerprint density at radius 1 is 1.16 bits per heavy atom. The third kappa shape index (κ3) is 4.69. The van der Waals surface area contributed by atoms with Gasteiger partial charge in [-0.1, -0.05) is 6.07 Å². The van der Waals surface area contributed by atoms with Crippen molar-refractivity contribution >= 4 is 11.9 Å². The van der Waals surface area contributed by atoms with Crippen molar-refractivity contribution in [3.05, 3.63) is 53.3 Å². The maximum Gasteiger partial charge on any atom is 0.335 e. The number of carbonyl (C=O) groups is 2. The zero-order chi connectivity index (χ0) is 18.4. The minimum absolute atomic E-state index is 0.0210. The Hall–Kier alpha value is -3.09. The quantitative estimate of drug-likeness (QED) is 0.799. The molecule has 0 spiro atoms. The molecule has 7 nitrogen and oxygen atoms in total. The highest BCUT2D eigenvalue weighted by Crippen LogP contribution is 2.27. The third-order valence-corrected chi connectivity index (χ3v) is 3.61. The Balaban J connectivity index is 2.04. The van der Waals surface area contributed by atoms with Gasteiger partial charge in [-0.25, -0.2) is 4.79 Å². The number of methoxy groups -OCH3 is 2. The standard InChI is InChI=1S/C18H20N2O5/c1-11(8-12-4-5-15(24-2)16(9-12)25-3)20-17(21)14-10-13(18(22)23)6-7-19-14/h4-7,9-11H,8H2,1-3H3,(H,20,21)(H,22,23). The van der Waals surface area contributed by atoms with Gasteiger partial charge in [-0.05, 0) is 43.2 Å². The maximum absolute atomic E-state index is 12.2. The minimum Gasteiger partial charge on any atom is -0.493 e. The molecule has 2 rings (SSSR count). The van der Waals surface area contributed by atoms with Gasteiger partial charge >= 0.3 is 5.97 Å². The van der Waals surface area contributed by atoms with Crippen LogP contribution in [0.5, 0.6) is 11.5 Å². The van der Waals surface area contributed by atoms with Crippen molar-refractivity contribution in [1.29, 1.82) is 0 Å². The normalized spacial score (nSPS) is 11.5. The Bertz CT molecular complexity index is 776. The lowest BCUT2D eigenvalue weighted by atomic mass is 10.1. The minimum atomic E-state index is -1.10. The van der Waals surface area contributed by atoms with Gasteiger partial charge in [-0.15, -0.1) is 0 Å². The van der Waals surface area contributed by atoms with Gasteiger partial charge < -0.3 is 19.9 Å². The lowest BCUT2D eigenvalue weighted by molar-refractivity contribution is 0.0696. The lowest BCUT2D eigenvalue weighted by Gasteiger charge is -2.15. The fourth-order valence-electron chi connectivity index (χ4n) is 2.40. The molecule has 1 heterocycles. The van der Waals surface area contributed by atoms with Crippen LogP contribution in [-0.2, 0) is 6.42 Å². The van der Waals surface area contributed by atoms with Crippen molar-refractivity contribution in [3.8, 4) is 11.5 Å². The fraction of sp³-hybridized carbons (Fsp3) is 0.278. The molecule has 2 N–H and O–H groups in total. The van der Waals surface area contributed by atoms with Gasteiger partial charge in [-0.3, -0.25) is 9.78 Å². The number of amides is 1. The van der Waals surface area contributed by atoms with Crippen LogP contribution in [0, 0.1) is 0 Å². The molecular weight excluding hydrogens is 324 g/mol. The summed E-state index contributed by atoms with van der Waals surface area (Å²) in [5.74, 6) is -0.266. The van der Waals surface area contributed by atoms with E-state index in [1.54, 1.807) is 20.3 Å². The Labute approximate surface area is 145 Å². The lowest BCUT2D eigenvalue weighted by Crippen LogP contribution is -2.34. The van der Waals surface area contributed by atoms with Crippen LogP contribution in [0.25, 0.3) is 0 Å². The van der Waals surface area contributed by atoms with Gasteiger partial charge in [0.2, 0.25) is 0 Å². The molecule has 0 aliphatic rings. The molecule has 25 heavy (non-hydrogen) atoms. The van der Waals surface area contributed by atoms with Crippen LogP contribution in [0.4, 0.5) is 0 Å². The molecule has 0 radical (unpaired) electrons. The van der Waals surface area contributed by atoms with Crippen LogP contribution < -0.4 is 14.8 Å². The van der Waals surface area contributed by atoms with E-state index in [4.69, 9.17) is 14.6 Å². The summed E-state index contributed by atoms with van der Waals surface area (Å²) >= 11 is 0. The Kier molecular flexibility index (Phi) is 5.94. The monoisotopic (exact) mass is 344 g/mol. The molecule has 0 saturated heterocycles. The predicted molar refractivity (Wildman–Crippen MR) is 91.4 cm³/mol. The highest BCUT2D eigenvalue weighted by atomic mass is 16.5. The molecule has 1 aromatic heterocycles. The first-order chi connectivity index (χ1) is 11.9. The molecule has 2 aromatic rings. The number of pyridine rings is 1. The Morgan fingerprint density at radius 2 is 1.88 bits per heavy atom. The van der Waals surface area contributed by atoms with Gasteiger partial charge in [0.1, 0.15) is 5.69 Å². The van der Waals surface area contributed by atoms with E-state index in [0.29, 0.717) is 17.9 Å². The van der Waals surface area contributed by atoms with Crippen molar-refractivity contribution in [2.24, 2.45) is 0 Å². The summed E-state index contributed by atoms with van der Waals surface area (Å²) in [4.78, 5) is 27.1. The number of rotatable bonds is 7.